The Kier molecular flexibility index (Phi) is 4.85. The van der Waals surface area contributed by atoms with Crippen LogP contribution in [0.15, 0.2) is 41.2 Å². The van der Waals surface area contributed by atoms with Crippen molar-refractivity contribution in [2.45, 2.75) is 45.6 Å². The first-order valence-corrected chi connectivity index (χ1v) is 8.58. The molecule has 23 heavy (non-hydrogen) atoms. The van der Waals surface area contributed by atoms with Gasteiger partial charge in [-0.3, -0.25) is 4.79 Å². The molecular weight excluding hydrogens is 286 g/mol. The Morgan fingerprint density at radius 2 is 2.17 bits per heavy atom. The SMILES string of the molecule is CCC=CCCC1CCc2cc(=O)c3cc(OC)ccc3n2C1. The number of hydrogen-bond acceptors (Lipinski definition) is 2. The van der Waals surface area contributed by atoms with E-state index in [1.165, 1.54) is 18.5 Å². The van der Waals surface area contributed by atoms with Gasteiger partial charge in [-0.05, 0) is 56.2 Å². The van der Waals surface area contributed by atoms with Crippen LogP contribution in [0.5, 0.6) is 5.75 Å². The third-order valence-corrected chi connectivity index (χ3v) is 4.80. The van der Waals surface area contributed by atoms with Gasteiger partial charge in [0.15, 0.2) is 5.43 Å². The average molecular weight is 311 g/mol. The minimum atomic E-state index is 0.106. The van der Waals surface area contributed by atoms with E-state index in [1.54, 1.807) is 7.11 Å². The van der Waals surface area contributed by atoms with Gasteiger partial charge in [-0.2, -0.15) is 0 Å². The van der Waals surface area contributed by atoms with Crippen LogP contribution in [0.3, 0.4) is 0 Å². The lowest BCUT2D eigenvalue weighted by Crippen LogP contribution is -2.24. The molecule has 0 saturated heterocycles. The second-order valence-corrected chi connectivity index (χ2v) is 6.36. The summed E-state index contributed by atoms with van der Waals surface area (Å²) in [4.78, 5) is 12.4. The largest absolute Gasteiger partial charge is 0.497 e. The number of aromatic nitrogens is 1. The summed E-state index contributed by atoms with van der Waals surface area (Å²) in [6.07, 6.45) is 10.2. The number of methoxy groups -OCH3 is 1. The highest BCUT2D eigenvalue weighted by atomic mass is 16.5. The first kappa shape index (κ1) is 15.9. The third kappa shape index (κ3) is 3.34. The van der Waals surface area contributed by atoms with E-state index in [-0.39, 0.29) is 5.43 Å². The van der Waals surface area contributed by atoms with Gasteiger partial charge in [0.2, 0.25) is 0 Å². The molecule has 1 aliphatic heterocycles. The van der Waals surface area contributed by atoms with Gasteiger partial charge in [0.1, 0.15) is 5.75 Å². The lowest BCUT2D eigenvalue weighted by Gasteiger charge is -2.28. The molecule has 0 saturated carbocycles. The maximum absolute atomic E-state index is 12.4. The van der Waals surface area contributed by atoms with E-state index in [0.29, 0.717) is 5.92 Å². The van der Waals surface area contributed by atoms with Gasteiger partial charge in [0, 0.05) is 23.7 Å². The molecule has 3 nitrogen and oxygen atoms in total. The second-order valence-electron chi connectivity index (χ2n) is 6.36. The van der Waals surface area contributed by atoms with E-state index in [9.17, 15) is 4.79 Å². The smallest absolute Gasteiger partial charge is 0.189 e. The molecule has 2 heterocycles. The van der Waals surface area contributed by atoms with Gasteiger partial charge < -0.3 is 9.30 Å². The van der Waals surface area contributed by atoms with Crippen molar-refractivity contribution in [3.8, 4) is 5.75 Å². The van der Waals surface area contributed by atoms with E-state index in [0.717, 1.165) is 42.5 Å². The zero-order valence-electron chi connectivity index (χ0n) is 14.0. The molecule has 122 valence electrons. The fourth-order valence-electron chi connectivity index (χ4n) is 3.51. The lowest BCUT2D eigenvalue weighted by atomic mass is 9.92. The number of fused-ring (bicyclic) bond motifs is 3. The molecule has 0 bridgehead atoms. The number of nitrogens with zero attached hydrogens (tertiary/aromatic N) is 1. The minimum Gasteiger partial charge on any atom is -0.497 e. The topological polar surface area (TPSA) is 31.2 Å². The monoisotopic (exact) mass is 311 g/mol. The fraction of sp³-hybridized carbons (Fsp3) is 0.450. The summed E-state index contributed by atoms with van der Waals surface area (Å²) in [7, 11) is 1.64. The van der Waals surface area contributed by atoms with Gasteiger partial charge in [-0.15, -0.1) is 0 Å². The number of pyridine rings is 1. The summed E-state index contributed by atoms with van der Waals surface area (Å²) in [5.41, 5.74) is 2.32. The molecule has 1 aliphatic rings. The quantitative estimate of drug-likeness (QED) is 0.770. The highest BCUT2D eigenvalue weighted by molar-refractivity contribution is 5.81. The van der Waals surface area contributed by atoms with Gasteiger partial charge >= 0.3 is 0 Å². The number of rotatable bonds is 5. The number of hydrogen-bond donors (Lipinski definition) is 0. The van der Waals surface area contributed by atoms with Crippen molar-refractivity contribution in [3.05, 3.63) is 52.3 Å². The van der Waals surface area contributed by atoms with Crippen LogP contribution in [-0.4, -0.2) is 11.7 Å². The fourth-order valence-corrected chi connectivity index (χ4v) is 3.51. The first-order chi connectivity index (χ1) is 11.2. The number of benzene rings is 1. The Morgan fingerprint density at radius 3 is 2.96 bits per heavy atom. The summed E-state index contributed by atoms with van der Waals surface area (Å²) < 4.78 is 7.60. The zero-order chi connectivity index (χ0) is 16.2. The highest BCUT2D eigenvalue weighted by Gasteiger charge is 2.20. The van der Waals surface area contributed by atoms with Gasteiger partial charge in [-0.25, -0.2) is 0 Å². The van der Waals surface area contributed by atoms with Crippen molar-refractivity contribution in [1.29, 1.82) is 0 Å². The Balaban J connectivity index is 1.90. The van der Waals surface area contributed by atoms with Gasteiger partial charge in [0.05, 0.1) is 12.6 Å². The summed E-state index contributed by atoms with van der Waals surface area (Å²) in [5.74, 6) is 1.43. The van der Waals surface area contributed by atoms with E-state index in [1.807, 2.05) is 24.3 Å². The first-order valence-electron chi connectivity index (χ1n) is 8.58. The highest BCUT2D eigenvalue weighted by Crippen LogP contribution is 2.28. The minimum absolute atomic E-state index is 0.106. The van der Waals surface area contributed by atoms with Crippen LogP contribution >= 0.6 is 0 Å². The Hall–Kier alpha value is -2.03. The van der Waals surface area contributed by atoms with Crippen LogP contribution in [-0.2, 0) is 13.0 Å². The van der Waals surface area contributed by atoms with Crippen molar-refractivity contribution in [1.82, 2.24) is 4.57 Å². The zero-order valence-corrected chi connectivity index (χ0v) is 14.0. The van der Waals surface area contributed by atoms with Crippen molar-refractivity contribution in [2.75, 3.05) is 7.11 Å². The maximum Gasteiger partial charge on any atom is 0.189 e. The molecule has 0 radical (unpaired) electrons. The molecule has 1 atom stereocenters. The van der Waals surface area contributed by atoms with Crippen LogP contribution in [0.4, 0.5) is 0 Å². The Labute approximate surface area is 137 Å². The molecule has 0 spiro atoms. The molecule has 3 rings (SSSR count). The summed E-state index contributed by atoms with van der Waals surface area (Å²) in [6, 6.07) is 7.65. The predicted octanol–water partition coefficient (Wildman–Crippen LogP) is 4.32. The van der Waals surface area contributed by atoms with E-state index in [4.69, 9.17) is 4.74 Å². The molecule has 1 aromatic carbocycles. The Morgan fingerprint density at radius 1 is 1.30 bits per heavy atom. The third-order valence-electron chi connectivity index (χ3n) is 4.80. The molecule has 2 aromatic rings. The van der Waals surface area contributed by atoms with Crippen LogP contribution in [0.25, 0.3) is 10.9 Å². The molecule has 0 fully saturated rings. The maximum atomic E-state index is 12.4. The molecule has 1 unspecified atom stereocenters. The van der Waals surface area contributed by atoms with Gasteiger partial charge in [0.25, 0.3) is 0 Å². The van der Waals surface area contributed by atoms with E-state index in [2.05, 4.69) is 23.6 Å². The summed E-state index contributed by atoms with van der Waals surface area (Å²) in [5, 5.41) is 0.764. The van der Waals surface area contributed by atoms with E-state index < -0.39 is 0 Å². The summed E-state index contributed by atoms with van der Waals surface area (Å²) >= 11 is 0. The molecule has 0 N–H and O–H groups in total. The molecule has 0 amide bonds. The Bertz CT molecular complexity index is 773. The van der Waals surface area contributed by atoms with Crippen molar-refractivity contribution in [2.24, 2.45) is 5.92 Å². The van der Waals surface area contributed by atoms with Crippen LogP contribution in [0.2, 0.25) is 0 Å². The molecule has 0 aliphatic carbocycles. The van der Waals surface area contributed by atoms with Crippen LogP contribution in [0.1, 0.15) is 38.3 Å². The number of aryl methyl sites for hydroxylation is 1. The van der Waals surface area contributed by atoms with Crippen LogP contribution in [0, 0.1) is 5.92 Å². The van der Waals surface area contributed by atoms with Crippen molar-refractivity contribution in [3.63, 3.8) is 0 Å². The lowest BCUT2D eigenvalue weighted by molar-refractivity contribution is 0.354. The van der Waals surface area contributed by atoms with E-state index >= 15 is 0 Å². The molecule has 3 heteroatoms. The van der Waals surface area contributed by atoms with Crippen LogP contribution < -0.4 is 10.2 Å². The second kappa shape index (κ2) is 7.03. The predicted molar refractivity (Wildman–Crippen MR) is 95.2 cm³/mol. The molecule has 1 aromatic heterocycles. The van der Waals surface area contributed by atoms with Gasteiger partial charge in [-0.1, -0.05) is 19.1 Å². The number of allylic oxidation sites excluding steroid dienone is 2. The standard InChI is InChI=1S/C20H25NO2/c1-3-4-5-6-7-15-8-9-16-12-20(22)18-13-17(23-2)10-11-19(18)21(16)14-15/h4-5,10-13,15H,3,6-9,14H2,1-2H3. The summed E-state index contributed by atoms with van der Waals surface area (Å²) in [6.45, 7) is 3.18. The van der Waals surface area contributed by atoms with Crippen molar-refractivity contribution < 1.29 is 4.74 Å². The molecular formula is C20H25NO2. The van der Waals surface area contributed by atoms with Crippen molar-refractivity contribution >= 4 is 10.9 Å². The number of ether oxygens (including phenoxy) is 1. The normalized spacial score (nSPS) is 17.6. The average Bonchev–Trinajstić information content (AvgIpc) is 2.59.